The number of anilines is 1. The Hall–Kier alpha value is -0.473. The van der Waals surface area contributed by atoms with Crippen molar-refractivity contribution >= 4 is 32.7 Å². The molecule has 1 rings (SSSR count). The summed E-state index contributed by atoms with van der Waals surface area (Å²) in [6.07, 6.45) is 1.17. The van der Waals surface area contributed by atoms with Crippen LogP contribution in [0.15, 0.2) is 12.1 Å². The van der Waals surface area contributed by atoms with E-state index >= 15 is 0 Å². The van der Waals surface area contributed by atoms with Crippen molar-refractivity contribution < 1.29 is 0 Å². The summed E-state index contributed by atoms with van der Waals surface area (Å²) in [6, 6.07) is 4.26. The van der Waals surface area contributed by atoms with Gasteiger partial charge in [-0.25, -0.2) is 0 Å². The van der Waals surface area contributed by atoms with E-state index in [-0.39, 0.29) is 0 Å². The first kappa shape index (κ1) is 14.6. The van der Waals surface area contributed by atoms with Crippen LogP contribution >= 0.6 is 11.6 Å². The Balaban J connectivity index is 3.38. The lowest BCUT2D eigenvalue weighted by Gasteiger charge is -2.29. The normalized spacial score (nSPS) is 12.8. The molecule has 0 spiro atoms. The van der Waals surface area contributed by atoms with Crippen molar-refractivity contribution in [3.8, 4) is 0 Å². The van der Waals surface area contributed by atoms with Gasteiger partial charge in [0.2, 0.25) is 0 Å². The Kier molecular flexibility index (Phi) is 5.54. The van der Waals surface area contributed by atoms with Gasteiger partial charge in [0, 0.05) is 23.3 Å². The van der Waals surface area contributed by atoms with Crippen molar-refractivity contribution in [2.45, 2.75) is 40.0 Å². The third-order valence-corrected chi connectivity index (χ3v) is 4.75. The Morgan fingerprint density at radius 3 is 2.29 bits per heavy atom. The molecule has 1 aromatic carbocycles. The van der Waals surface area contributed by atoms with E-state index in [1.165, 1.54) is 22.9 Å². The van der Waals surface area contributed by atoms with Gasteiger partial charge < -0.3 is 4.90 Å². The van der Waals surface area contributed by atoms with Crippen molar-refractivity contribution in [3.05, 3.63) is 22.7 Å². The summed E-state index contributed by atoms with van der Waals surface area (Å²) in [7, 11) is 1.09. The highest BCUT2D eigenvalue weighted by Crippen LogP contribution is 2.34. The number of benzene rings is 1. The molecular weight excluding hydrogens is 246 g/mol. The fraction of sp³-hybridized carbons (Fsp3) is 0.571. The first-order valence-corrected chi connectivity index (χ1v) is 7.98. The van der Waals surface area contributed by atoms with Gasteiger partial charge in [-0.05, 0) is 37.8 Å². The van der Waals surface area contributed by atoms with Crippen LogP contribution in [0.5, 0.6) is 0 Å². The number of nitrogens with zero attached hydrogens (tertiary/aromatic N) is 1. The predicted molar refractivity (Wildman–Crippen MR) is 83.3 cm³/mol. The van der Waals surface area contributed by atoms with E-state index in [0.717, 1.165) is 28.4 Å². The summed E-state index contributed by atoms with van der Waals surface area (Å²) in [5, 5.41) is 2.40. The highest BCUT2D eigenvalue weighted by Gasteiger charge is 2.18. The Morgan fingerprint density at radius 1 is 1.24 bits per heavy atom. The zero-order chi connectivity index (χ0) is 13.0. The molecule has 0 bridgehead atoms. The van der Waals surface area contributed by atoms with Gasteiger partial charge in [-0.2, -0.15) is 0 Å². The molecule has 3 heteroatoms. The maximum absolute atomic E-state index is 6.43. The molecule has 1 nitrogen and oxygen atoms in total. The molecule has 0 aliphatic heterocycles. The van der Waals surface area contributed by atoms with Crippen LogP contribution in [0.3, 0.4) is 0 Å². The van der Waals surface area contributed by atoms with Crippen LogP contribution in [0.4, 0.5) is 5.69 Å². The van der Waals surface area contributed by atoms with E-state index in [9.17, 15) is 0 Å². The topological polar surface area (TPSA) is 3.24 Å². The van der Waals surface area contributed by atoms with Gasteiger partial charge in [-0.15, -0.1) is 0 Å². The van der Waals surface area contributed by atoms with Gasteiger partial charge >= 0.3 is 0 Å². The Morgan fingerprint density at radius 2 is 1.82 bits per heavy atom. The third-order valence-electron chi connectivity index (χ3n) is 3.57. The second-order valence-corrected chi connectivity index (χ2v) is 6.09. The van der Waals surface area contributed by atoms with Gasteiger partial charge in [0.05, 0.1) is 10.7 Å². The molecule has 1 unspecified atom stereocenters. The molecular formula is C14H24ClNSi. The summed E-state index contributed by atoms with van der Waals surface area (Å²) >= 11 is 6.43. The van der Waals surface area contributed by atoms with Gasteiger partial charge in [0.25, 0.3) is 0 Å². The second-order valence-electron chi connectivity index (χ2n) is 4.61. The van der Waals surface area contributed by atoms with Gasteiger partial charge in [0.15, 0.2) is 0 Å². The molecule has 0 aromatic heterocycles. The van der Waals surface area contributed by atoms with Gasteiger partial charge in [-0.1, -0.05) is 36.7 Å². The quantitative estimate of drug-likeness (QED) is 0.743. The second kappa shape index (κ2) is 6.46. The molecule has 0 aliphatic carbocycles. The van der Waals surface area contributed by atoms with Crippen LogP contribution in [-0.4, -0.2) is 23.3 Å². The van der Waals surface area contributed by atoms with Crippen molar-refractivity contribution in [1.29, 1.82) is 0 Å². The summed E-state index contributed by atoms with van der Waals surface area (Å²) in [4.78, 5) is 2.38. The molecule has 96 valence electrons. The molecule has 1 atom stereocenters. The molecule has 0 fully saturated rings. The maximum atomic E-state index is 6.43. The third kappa shape index (κ3) is 3.05. The lowest BCUT2D eigenvalue weighted by Crippen LogP contribution is -2.27. The molecule has 17 heavy (non-hydrogen) atoms. The molecule has 0 aliphatic rings. The van der Waals surface area contributed by atoms with E-state index in [1.807, 2.05) is 0 Å². The standard InChI is InChI=1S/C14H24ClNSi/c1-5-10(4)13-12(17)9-8-11(15)14(13)16(6-2)7-3/h8-10H,5-7H2,1-4,17H3. The van der Waals surface area contributed by atoms with Crippen molar-refractivity contribution in [2.24, 2.45) is 0 Å². The van der Waals surface area contributed by atoms with E-state index in [2.05, 4.69) is 44.7 Å². The largest absolute Gasteiger partial charge is 0.371 e. The van der Waals surface area contributed by atoms with Gasteiger partial charge in [-0.3, -0.25) is 0 Å². The minimum absolute atomic E-state index is 0.594. The zero-order valence-electron chi connectivity index (χ0n) is 11.7. The fourth-order valence-electron chi connectivity index (χ4n) is 2.37. The summed E-state index contributed by atoms with van der Waals surface area (Å²) in [6.45, 7) is 11.0. The van der Waals surface area contributed by atoms with E-state index in [4.69, 9.17) is 11.6 Å². The maximum Gasteiger partial charge on any atom is 0.0642 e. The average molecular weight is 270 g/mol. The number of rotatable bonds is 5. The SMILES string of the molecule is CCC(C)c1c([SiH3])ccc(Cl)c1N(CC)CC. The Labute approximate surface area is 114 Å². The zero-order valence-corrected chi connectivity index (χ0v) is 14.4. The van der Waals surface area contributed by atoms with Crippen LogP contribution in [0.25, 0.3) is 0 Å². The number of hydrogen-bond donors (Lipinski definition) is 0. The lowest BCUT2D eigenvalue weighted by atomic mass is 9.96. The minimum Gasteiger partial charge on any atom is -0.371 e. The van der Waals surface area contributed by atoms with Crippen LogP contribution < -0.4 is 10.1 Å². The van der Waals surface area contributed by atoms with Gasteiger partial charge in [0.1, 0.15) is 0 Å². The van der Waals surface area contributed by atoms with Crippen LogP contribution in [-0.2, 0) is 0 Å². The summed E-state index contributed by atoms with van der Waals surface area (Å²) < 4.78 is 0. The Bertz CT molecular complexity index is 375. The van der Waals surface area contributed by atoms with E-state index < -0.39 is 0 Å². The molecule has 0 saturated carbocycles. The van der Waals surface area contributed by atoms with Crippen molar-refractivity contribution in [2.75, 3.05) is 18.0 Å². The molecule has 1 aromatic rings. The van der Waals surface area contributed by atoms with Crippen molar-refractivity contribution in [3.63, 3.8) is 0 Å². The summed E-state index contributed by atoms with van der Waals surface area (Å²) in [5.41, 5.74) is 2.76. The van der Waals surface area contributed by atoms with Crippen LogP contribution in [0.1, 0.15) is 45.6 Å². The highest BCUT2D eigenvalue weighted by molar-refractivity contribution is 6.37. The average Bonchev–Trinajstić information content (AvgIpc) is 2.34. The smallest absolute Gasteiger partial charge is 0.0642 e. The highest BCUT2D eigenvalue weighted by atomic mass is 35.5. The van der Waals surface area contributed by atoms with Crippen LogP contribution in [0.2, 0.25) is 5.02 Å². The molecule has 0 radical (unpaired) electrons. The van der Waals surface area contributed by atoms with Crippen molar-refractivity contribution in [1.82, 2.24) is 0 Å². The minimum atomic E-state index is 0.594. The first-order chi connectivity index (χ1) is 8.06. The molecule has 0 N–H and O–H groups in total. The number of halogens is 1. The molecule has 0 heterocycles. The summed E-state index contributed by atoms with van der Waals surface area (Å²) in [5.74, 6) is 0.594. The predicted octanol–water partition coefficient (Wildman–Crippen LogP) is 2.69. The van der Waals surface area contributed by atoms with Crippen LogP contribution in [0, 0.1) is 0 Å². The monoisotopic (exact) mass is 269 g/mol. The molecule has 0 amide bonds. The fourth-order valence-corrected chi connectivity index (χ4v) is 3.55. The van der Waals surface area contributed by atoms with E-state index in [1.54, 1.807) is 0 Å². The lowest BCUT2D eigenvalue weighted by molar-refractivity contribution is 0.728. The molecule has 0 saturated heterocycles. The number of hydrogen-bond acceptors (Lipinski definition) is 1. The van der Waals surface area contributed by atoms with E-state index in [0.29, 0.717) is 5.92 Å². The first-order valence-electron chi connectivity index (χ1n) is 6.60.